The van der Waals surface area contributed by atoms with Crippen molar-refractivity contribution in [2.75, 3.05) is 5.32 Å². The van der Waals surface area contributed by atoms with Crippen LogP contribution in [0.4, 0.5) is 5.69 Å². The number of fused-ring (bicyclic) bond motifs is 1. The average Bonchev–Trinajstić information content (AvgIpc) is 2.29. The fourth-order valence-corrected chi connectivity index (χ4v) is 3.14. The number of aryl methyl sites for hydroxylation is 1. The third kappa shape index (κ3) is 2.43. The van der Waals surface area contributed by atoms with Gasteiger partial charge in [-0.25, -0.2) is 0 Å². The highest BCUT2D eigenvalue weighted by Gasteiger charge is 2.31. The number of hydrogen-bond donors (Lipinski definition) is 1. The Morgan fingerprint density at radius 2 is 2.05 bits per heavy atom. The molecule has 0 aliphatic heterocycles. The molecule has 0 fully saturated rings. The maximum atomic E-state index is 12.3. The number of nitrogens with one attached hydrogen (secondary N) is 1. The van der Waals surface area contributed by atoms with Crippen LogP contribution >= 0.6 is 15.9 Å². The Kier molecular flexibility index (Phi) is 3.15. The van der Waals surface area contributed by atoms with E-state index in [1.165, 1.54) is 5.56 Å². The molecule has 2 aromatic rings. The first-order valence-electron chi connectivity index (χ1n) is 6.29. The normalized spacial score (nSPS) is 16.4. The molecule has 1 N–H and O–H groups in total. The summed E-state index contributed by atoms with van der Waals surface area (Å²) < 4.78 is 0.983. The monoisotopic (exact) mass is 315 g/mol. The molecule has 1 atom stereocenters. The fourth-order valence-electron chi connectivity index (χ4n) is 2.53. The van der Waals surface area contributed by atoms with Crippen molar-refractivity contribution in [3.05, 3.63) is 63.6 Å². The second-order valence-corrected chi connectivity index (χ2v) is 5.88. The van der Waals surface area contributed by atoms with E-state index < -0.39 is 0 Å². The summed E-state index contributed by atoms with van der Waals surface area (Å²) in [7, 11) is 0. The molecule has 0 radical (unpaired) electrons. The van der Waals surface area contributed by atoms with Crippen molar-refractivity contribution >= 4 is 27.5 Å². The molecule has 2 aromatic carbocycles. The molecule has 0 saturated carbocycles. The minimum Gasteiger partial charge on any atom is -0.326 e. The number of rotatable bonds is 2. The van der Waals surface area contributed by atoms with Gasteiger partial charge in [0, 0.05) is 10.2 Å². The van der Waals surface area contributed by atoms with Gasteiger partial charge >= 0.3 is 0 Å². The number of benzene rings is 2. The van der Waals surface area contributed by atoms with Gasteiger partial charge in [-0.05, 0) is 48.2 Å². The number of anilines is 1. The molecule has 96 valence electrons. The maximum Gasteiger partial charge on any atom is 0.232 e. The molecule has 3 rings (SSSR count). The second-order valence-electron chi connectivity index (χ2n) is 4.96. The van der Waals surface area contributed by atoms with E-state index in [-0.39, 0.29) is 11.8 Å². The van der Waals surface area contributed by atoms with E-state index in [2.05, 4.69) is 27.3 Å². The van der Waals surface area contributed by atoms with Crippen LogP contribution in [0.2, 0.25) is 0 Å². The molecule has 0 heterocycles. The van der Waals surface area contributed by atoms with Crippen LogP contribution in [0, 0.1) is 6.92 Å². The van der Waals surface area contributed by atoms with Gasteiger partial charge in [0.15, 0.2) is 0 Å². The van der Waals surface area contributed by atoms with E-state index in [0.29, 0.717) is 0 Å². The van der Waals surface area contributed by atoms with E-state index in [0.717, 1.165) is 27.7 Å². The van der Waals surface area contributed by atoms with Crippen LogP contribution in [0.5, 0.6) is 0 Å². The van der Waals surface area contributed by atoms with Gasteiger partial charge in [-0.1, -0.05) is 40.2 Å². The third-order valence-electron chi connectivity index (χ3n) is 3.48. The van der Waals surface area contributed by atoms with Gasteiger partial charge in [-0.15, -0.1) is 0 Å². The fraction of sp³-hybridized carbons (Fsp3) is 0.188. The Bertz CT molecular complexity index is 631. The van der Waals surface area contributed by atoms with Crippen molar-refractivity contribution in [2.45, 2.75) is 19.3 Å². The van der Waals surface area contributed by atoms with Crippen LogP contribution in [0.1, 0.15) is 22.6 Å². The molecule has 0 spiro atoms. The van der Waals surface area contributed by atoms with Gasteiger partial charge in [-0.2, -0.15) is 0 Å². The van der Waals surface area contributed by atoms with Crippen LogP contribution < -0.4 is 5.32 Å². The van der Waals surface area contributed by atoms with Crippen LogP contribution in [-0.2, 0) is 11.2 Å². The zero-order chi connectivity index (χ0) is 13.4. The Balaban J connectivity index is 1.77. The standard InChI is InChI=1S/C16H14BrNO/c1-10-6-12(17)9-13(7-10)18-16(19)15-8-11-4-2-3-5-14(11)15/h2-7,9,15H,8H2,1H3,(H,18,19). The topological polar surface area (TPSA) is 29.1 Å². The van der Waals surface area contributed by atoms with Gasteiger partial charge in [0.2, 0.25) is 5.91 Å². The molecule has 0 aromatic heterocycles. The zero-order valence-electron chi connectivity index (χ0n) is 10.6. The van der Waals surface area contributed by atoms with Crippen molar-refractivity contribution in [1.82, 2.24) is 0 Å². The minimum atomic E-state index is -0.00418. The molecule has 2 nitrogen and oxygen atoms in total. The van der Waals surface area contributed by atoms with Crippen LogP contribution in [-0.4, -0.2) is 5.91 Å². The highest BCUT2D eigenvalue weighted by atomic mass is 79.9. The van der Waals surface area contributed by atoms with Gasteiger partial charge in [0.1, 0.15) is 0 Å². The van der Waals surface area contributed by atoms with Gasteiger partial charge < -0.3 is 5.32 Å². The Labute approximate surface area is 121 Å². The lowest BCUT2D eigenvalue weighted by molar-refractivity contribution is -0.118. The van der Waals surface area contributed by atoms with E-state index >= 15 is 0 Å². The number of carbonyl (C=O) groups excluding carboxylic acids is 1. The van der Waals surface area contributed by atoms with Crippen molar-refractivity contribution in [3.8, 4) is 0 Å². The molecule has 1 aliphatic rings. The molecule has 3 heteroatoms. The number of hydrogen-bond acceptors (Lipinski definition) is 1. The lowest BCUT2D eigenvalue weighted by Gasteiger charge is -2.28. The molecular formula is C16H14BrNO. The summed E-state index contributed by atoms with van der Waals surface area (Å²) in [6, 6.07) is 14.1. The molecule has 0 bridgehead atoms. The summed E-state index contributed by atoms with van der Waals surface area (Å²) >= 11 is 3.45. The van der Waals surface area contributed by atoms with Crippen molar-refractivity contribution < 1.29 is 4.79 Å². The Morgan fingerprint density at radius 1 is 1.26 bits per heavy atom. The molecule has 19 heavy (non-hydrogen) atoms. The predicted molar refractivity (Wildman–Crippen MR) is 80.4 cm³/mol. The summed E-state index contributed by atoms with van der Waals surface area (Å²) in [4.78, 5) is 12.3. The average molecular weight is 316 g/mol. The van der Waals surface area contributed by atoms with Crippen molar-refractivity contribution in [2.24, 2.45) is 0 Å². The number of halogens is 1. The molecule has 1 aliphatic carbocycles. The zero-order valence-corrected chi connectivity index (χ0v) is 12.2. The predicted octanol–water partition coefficient (Wildman–Crippen LogP) is 4.04. The van der Waals surface area contributed by atoms with E-state index in [1.807, 2.05) is 43.3 Å². The first-order chi connectivity index (χ1) is 9.13. The summed E-state index contributed by atoms with van der Waals surface area (Å²) in [6.45, 7) is 2.01. The lowest BCUT2D eigenvalue weighted by Crippen LogP contribution is -2.30. The van der Waals surface area contributed by atoms with Crippen LogP contribution in [0.15, 0.2) is 46.9 Å². The molecule has 1 unspecified atom stereocenters. The molecule has 0 saturated heterocycles. The van der Waals surface area contributed by atoms with E-state index in [4.69, 9.17) is 0 Å². The number of amides is 1. The van der Waals surface area contributed by atoms with Crippen LogP contribution in [0.3, 0.4) is 0 Å². The Morgan fingerprint density at radius 3 is 2.79 bits per heavy atom. The highest BCUT2D eigenvalue weighted by Crippen LogP contribution is 2.35. The minimum absolute atomic E-state index is 0.00418. The highest BCUT2D eigenvalue weighted by molar-refractivity contribution is 9.10. The van der Waals surface area contributed by atoms with Crippen molar-refractivity contribution in [1.29, 1.82) is 0 Å². The maximum absolute atomic E-state index is 12.3. The van der Waals surface area contributed by atoms with Gasteiger partial charge in [0.25, 0.3) is 0 Å². The van der Waals surface area contributed by atoms with Crippen molar-refractivity contribution in [3.63, 3.8) is 0 Å². The summed E-state index contributed by atoms with van der Waals surface area (Å²) in [5.74, 6) is 0.0756. The van der Waals surface area contributed by atoms with Gasteiger partial charge in [-0.3, -0.25) is 4.79 Å². The summed E-state index contributed by atoms with van der Waals surface area (Å²) in [6.07, 6.45) is 0.842. The summed E-state index contributed by atoms with van der Waals surface area (Å²) in [5, 5.41) is 3.00. The Hall–Kier alpha value is -1.61. The smallest absolute Gasteiger partial charge is 0.232 e. The van der Waals surface area contributed by atoms with E-state index in [1.54, 1.807) is 0 Å². The first kappa shape index (κ1) is 12.4. The van der Waals surface area contributed by atoms with E-state index in [9.17, 15) is 4.79 Å². The quantitative estimate of drug-likeness (QED) is 0.890. The first-order valence-corrected chi connectivity index (χ1v) is 7.08. The lowest BCUT2D eigenvalue weighted by atomic mass is 9.77. The number of carbonyl (C=O) groups is 1. The summed E-state index contributed by atoms with van der Waals surface area (Å²) in [5.41, 5.74) is 4.42. The van der Waals surface area contributed by atoms with Gasteiger partial charge in [0.05, 0.1) is 5.92 Å². The molecule has 1 amide bonds. The third-order valence-corrected chi connectivity index (χ3v) is 3.94. The molecular weight excluding hydrogens is 302 g/mol. The van der Waals surface area contributed by atoms with Crippen LogP contribution in [0.25, 0.3) is 0 Å². The second kappa shape index (κ2) is 4.82. The largest absolute Gasteiger partial charge is 0.326 e. The SMILES string of the molecule is Cc1cc(Br)cc(NC(=O)C2Cc3ccccc32)c1.